The number of carbonyl (C=O) groups is 2. The lowest BCUT2D eigenvalue weighted by molar-refractivity contribution is 0.0596. The number of H-pyrrole nitrogens is 1. The number of nitrogens with one attached hydrogen (secondary N) is 3. The van der Waals surface area contributed by atoms with Crippen molar-refractivity contribution in [1.29, 1.82) is 0 Å². The Labute approximate surface area is 187 Å². The Morgan fingerprint density at radius 2 is 1.79 bits per heavy atom. The van der Waals surface area contributed by atoms with Crippen molar-refractivity contribution in [2.45, 2.75) is 6.42 Å². The average molecular weight is 519 g/mol. The number of amides is 1. The van der Waals surface area contributed by atoms with Gasteiger partial charge in [-0.3, -0.25) is 10.1 Å². The van der Waals surface area contributed by atoms with Gasteiger partial charge in [0.1, 0.15) is 5.69 Å². The number of aromatic nitrogens is 1. The van der Waals surface area contributed by atoms with E-state index in [-0.39, 0.29) is 16.7 Å². The number of hydrogen-bond donors (Lipinski definition) is 3. The highest BCUT2D eigenvalue weighted by atomic mass is 127. The molecule has 0 saturated heterocycles. The molecule has 0 bridgehead atoms. The second-order valence-electron chi connectivity index (χ2n) is 6.13. The molecule has 0 fully saturated rings. The van der Waals surface area contributed by atoms with Crippen molar-refractivity contribution in [3.05, 3.63) is 86.7 Å². The van der Waals surface area contributed by atoms with Crippen LogP contribution in [0.15, 0.2) is 60.8 Å². The molecule has 3 rings (SSSR count). The number of anilines is 1. The van der Waals surface area contributed by atoms with Crippen LogP contribution in [0.4, 0.5) is 5.69 Å². The zero-order valence-corrected chi connectivity index (χ0v) is 18.5. The van der Waals surface area contributed by atoms with Gasteiger partial charge in [0, 0.05) is 21.8 Å². The quantitative estimate of drug-likeness (QED) is 0.269. The number of esters is 1. The van der Waals surface area contributed by atoms with Crippen molar-refractivity contribution in [2.75, 3.05) is 12.4 Å². The molecule has 148 valence electrons. The Hall–Kier alpha value is -2.72. The van der Waals surface area contributed by atoms with Crippen LogP contribution in [-0.2, 0) is 11.2 Å². The standard InChI is InChI=1S/C21H18IN3O3S/c1-28-20(27)18-17(15(12-23-18)11-13-7-9-16(22)10-8-13)24-21(29)25-19(26)14-5-3-2-4-6-14/h2-10,12,23H,11H2,1H3,(H2,24,25,26,29). The van der Waals surface area contributed by atoms with Crippen LogP contribution in [0.25, 0.3) is 0 Å². The molecule has 8 heteroatoms. The maximum Gasteiger partial charge on any atom is 0.356 e. The summed E-state index contributed by atoms with van der Waals surface area (Å²) in [6.07, 6.45) is 2.30. The van der Waals surface area contributed by atoms with Crippen molar-refractivity contribution in [1.82, 2.24) is 10.3 Å². The lowest BCUT2D eigenvalue weighted by atomic mass is 10.1. The minimum atomic E-state index is -0.529. The largest absolute Gasteiger partial charge is 0.464 e. The molecular formula is C21H18IN3O3S. The number of ether oxygens (including phenoxy) is 1. The first-order valence-electron chi connectivity index (χ1n) is 8.68. The molecule has 3 N–H and O–H groups in total. The van der Waals surface area contributed by atoms with E-state index in [0.717, 1.165) is 14.7 Å². The number of methoxy groups -OCH3 is 1. The van der Waals surface area contributed by atoms with Crippen LogP contribution < -0.4 is 10.6 Å². The predicted octanol–water partition coefficient (Wildman–Crippen LogP) is 4.12. The third-order valence-electron chi connectivity index (χ3n) is 4.16. The number of halogens is 1. The Kier molecular flexibility index (Phi) is 6.99. The molecule has 1 amide bonds. The Morgan fingerprint density at radius 1 is 1.10 bits per heavy atom. The molecule has 2 aromatic carbocycles. The first kappa shape index (κ1) is 21.0. The summed E-state index contributed by atoms with van der Waals surface area (Å²) in [5, 5.41) is 5.69. The first-order chi connectivity index (χ1) is 14.0. The van der Waals surface area contributed by atoms with Gasteiger partial charge in [-0.1, -0.05) is 30.3 Å². The molecule has 1 aromatic heterocycles. The number of rotatable bonds is 5. The van der Waals surface area contributed by atoms with Gasteiger partial charge in [-0.25, -0.2) is 4.79 Å². The average Bonchev–Trinajstić information content (AvgIpc) is 3.11. The van der Waals surface area contributed by atoms with Gasteiger partial charge in [0.25, 0.3) is 5.91 Å². The van der Waals surface area contributed by atoms with Crippen LogP contribution in [0, 0.1) is 3.57 Å². The molecule has 6 nitrogen and oxygen atoms in total. The summed E-state index contributed by atoms with van der Waals surface area (Å²) in [6, 6.07) is 16.8. The zero-order valence-electron chi connectivity index (χ0n) is 15.5. The topological polar surface area (TPSA) is 83.2 Å². The number of thiocarbonyl (C=S) groups is 1. The maximum atomic E-state index is 12.3. The fraction of sp³-hybridized carbons (Fsp3) is 0.0952. The summed E-state index contributed by atoms with van der Waals surface area (Å²) in [5.41, 5.74) is 3.10. The molecule has 3 aromatic rings. The Bertz CT molecular complexity index is 1030. The number of carbonyl (C=O) groups excluding carboxylic acids is 2. The molecule has 29 heavy (non-hydrogen) atoms. The van der Waals surface area contributed by atoms with E-state index < -0.39 is 5.97 Å². The van der Waals surface area contributed by atoms with Gasteiger partial charge in [-0.05, 0) is 70.2 Å². The van der Waals surface area contributed by atoms with Crippen LogP contribution in [0.3, 0.4) is 0 Å². The molecule has 0 aliphatic heterocycles. The van der Waals surface area contributed by atoms with E-state index in [1.54, 1.807) is 30.5 Å². The third kappa shape index (κ3) is 5.42. The van der Waals surface area contributed by atoms with Gasteiger partial charge in [0.15, 0.2) is 5.11 Å². The lowest BCUT2D eigenvalue weighted by Crippen LogP contribution is -2.34. The second-order valence-corrected chi connectivity index (χ2v) is 7.79. The zero-order chi connectivity index (χ0) is 20.8. The molecule has 0 aliphatic rings. The predicted molar refractivity (Wildman–Crippen MR) is 124 cm³/mol. The van der Waals surface area contributed by atoms with Crippen LogP contribution in [0.5, 0.6) is 0 Å². The smallest absolute Gasteiger partial charge is 0.356 e. The molecule has 0 unspecified atom stereocenters. The van der Waals surface area contributed by atoms with E-state index in [1.807, 2.05) is 30.3 Å². The molecular weight excluding hydrogens is 501 g/mol. The fourth-order valence-corrected chi connectivity index (χ4v) is 3.30. The van der Waals surface area contributed by atoms with Gasteiger partial charge >= 0.3 is 5.97 Å². The normalized spacial score (nSPS) is 10.3. The van der Waals surface area contributed by atoms with Crippen molar-refractivity contribution < 1.29 is 14.3 Å². The fourth-order valence-electron chi connectivity index (χ4n) is 2.74. The minimum Gasteiger partial charge on any atom is -0.464 e. The second kappa shape index (κ2) is 9.66. The van der Waals surface area contributed by atoms with Crippen molar-refractivity contribution in [3.63, 3.8) is 0 Å². The highest BCUT2D eigenvalue weighted by Gasteiger charge is 2.20. The third-order valence-corrected chi connectivity index (χ3v) is 5.08. The summed E-state index contributed by atoms with van der Waals surface area (Å²) in [7, 11) is 1.31. The summed E-state index contributed by atoms with van der Waals surface area (Å²) < 4.78 is 5.98. The number of hydrogen-bond acceptors (Lipinski definition) is 4. The summed E-state index contributed by atoms with van der Waals surface area (Å²) >= 11 is 7.54. The van der Waals surface area contributed by atoms with E-state index >= 15 is 0 Å². The van der Waals surface area contributed by atoms with E-state index in [2.05, 4.69) is 38.2 Å². The molecule has 0 saturated carbocycles. The highest BCUT2D eigenvalue weighted by Crippen LogP contribution is 2.25. The molecule has 0 atom stereocenters. The molecule has 1 heterocycles. The van der Waals surface area contributed by atoms with Gasteiger partial charge in [-0.2, -0.15) is 0 Å². The van der Waals surface area contributed by atoms with Crippen LogP contribution in [0.1, 0.15) is 32.0 Å². The van der Waals surface area contributed by atoms with E-state index in [4.69, 9.17) is 17.0 Å². The number of benzene rings is 2. The summed E-state index contributed by atoms with van der Waals surface area (Å²) in [5.74, 6) is -0.865. The van der Waals surface area contributed by atoms with E-state index in [1.165, 1.54) is 7.11 Å². The van der Waals surface area contributed by atoms with Gasteiger partial charge in [0.2, 0.25) is 0 Å². The highest BCUT2D eigenvalue weighted by molar-refractivity contribution is 14.1. The van der Waals surface area contributed by atoms with Gasteiger partial charge < -0.3 is 15.0 Å². The minimum absolute atomic E-state index is 0.0902. The molecule has 0 aliphatic carbocycles. The van der Waals surface area contributed by atoms with E-state index in [9.17, 15) is 9.59 Å². The maximum absolute atomic E-state index is 12.3. The van der Waals surface area contributed by atoms with Crippen molar-refractivity contribution in [3.8, 4) is 0 Å². The van der Waals surface area contributed by atoms with E-state index in [0.29, 0.717) is 17.7 Å². The Balaban J connectivity index is 1.81. The lowest BCUT2D eigenvalue weighted by Gasteiger charge is -2.12. The summed E-state index contributed by atoms with van der Waals surface area (Å²) in [6.45, 7) is 0. The number of aromatic amines is 1. The van der Waals surface area contributed by atoms with Crippen LogP contribution >= 0.6 is 34.8 Å². The summed E-state index contributed by atoms with van der Waals surface area (Å²) in [4.78, 5) is 27.4. The van der Waals surface area contributed by atoms with Crippen LogP contribution in [0.2, 0.25) is 0 Å². The first-order valence-corrected chi connectivity index (χ1v) is 10.2. The monoisotopic (exact) mass is 519 g/mol. The van der Waals surface area contributed by atoms with Gasteiger partial charge in [-0.15, -0.1) is 0 Å². The van der Waals surface area contributed by atoms with Crippen molar-refractivity contribution >= 4 is 57.5 Å². The SMILES string of the molecule is COC(=O)c1[nH]cc(Cc2ccc(I)cc2)c1NC(=S)NC(=O)c1ccccc1. The molecule has 0 spiro atoms. The van der Waals surface area contributed by atoms with Gasteiger partial charge in [0.05, 0.1) is 12.8 Å². The van der Waals surface area contributed by atoms with Crippen LogP contribution in [-0.4, -0.2) is 29.1 Å². The molecule has 0 radical (unpaired) electrons. The van der Waals surface area contributed by atoms with Crippen molar-refractivity contribution in [2.24, 2.45) is 0 Å². The Morgan fingerprint density at radius 3 is 2.45 bits per heavy atom.